The lowest BCUT2D eigenvalue weighted by atomic mass is 10.1. The molecule has 0 aromatic heterocycles. The van der Waals surface area contributed by atoms with E-state index in [0.29, 0.717) is 11.1 Å². The van der Waals surface area contributed by atoms with Crippen molar-refractivity contribution in [2.45, 2.75) is 6.92 Å². The summed E-state index contributed by atoms with van der Waals surface area (Å²) >= 11 is 0. The number of carbonyl (C=O) groups excluding carboxylic acids is 1. The number of aldehydes is 1. The molecule has 0 radical (unpaired) electrons. The van der Waals surface area contributed by atoms with E-state index in [4.69, 9.17) is 5.11 Å². The first-order chi connectivity index (χ1) is 6.63. The molecule has 1 N–H and O–H groups in total. The van der Waals surface area contributed by atoms with E-state index in [1.54, 1.807) is 31.2 Å². The summed E-state index contributed by atoms with van der Waals surface area (Å²) in [5, 5.41) is 8.51. The van der Waals surface area contributed by atoms with Gasteiger partial charge in [0, 0.05) is 11.6 Å². The van der Waals surface area contributed by atoms with Gasteiger partial charge in [0.2, 0.25) is 0 Å². The number of benzene rings is 1. The lowest BCUT2D eigenvalue weighted by molar-refractivity contribution is -0.131. The molecule has 0 saturated carbocycles. The molecule has 1 aromatic rings. The fourth-order valence-electron chi connectivity index (χ4n) is 1.09. The summed E-state index contributed by atoms with van der Waals surface area (Å²) in [6, 6.07) is 6.75. The largest absolute Gasteiger partial charge is 0.478 e. The highest BCUT2D eigenvalue weighted by Gasteiger charge is 1.98. The van der Waals surface area contributed by atoms with E-state index < -0.39 is 5.97 Å². The summed E-state index contributed by atoms with van der Waals surface area (Å²) in [7, 11) is 0. The number of carboxylic acid groups (broad SMARTS) is 1. The minimum atomic E-state index is -0.970. The third-order valence-corrected chi connectivity index (χ3v) is 1.84. The topological polar surface area (TPSA) is 54.4 Å². The monoisotopic (exact) mass is 190 g/mol. The van der Waals surface area contributed by atoms with Crippen molar-refractivity contribution in [2.75, 3.05) is 0 Å². The van der Waals surface area contributed by atoms with Crippen molar-refractivity contribution in [3.05, 3.63) is 41.5 Å². The fourth-order valence-corrected chi connectivity index (χ4v) is 1.09. The smallest absolute Gasteiger partial charge is 0.328 e. The van der Waals surface area contributed by atoms with Crippen LogP contribution in [0.5, 0.6) is 0 Å². The number of carboxylic acids is 1. The van der Waals surface area contributed by atoms with Gasteiger partial charge in [-0.15, -0.1) is 0 Å². The Morgan fingerprint density at radius 3 is 2.29 bits per heavy atom. The second-order valence-electron chi connectivity index (χ2n) is 2.91. The summed E-state index contributed by atoms with van der Waals surface area (Å²) in [6.07, 6.45) is 1.88. The lowest BCUT2D eigenvalue weighted by Gasteiger charge is -1.99. The number of allylic oxidation sites excluding steroid dienone is 1. The fraction of sp³-hybridized carbons (Fsp3) is 0.0909. The van der Waals surface area contributed by atoms with E-state index in [-0.39, 0.29) is 0 Å². The van der Waals surface area contributed by atoms with Crippen LogP contribution < -0.4 is 0 Å². The zero-order valence-electron chi connectivity index (χ0n) is 7.73. The van der Waals surface area contributed by atoms with E-state index in [0.717, 1.165) is 17.9 Å². The van der Waals surface area contributed by atoms with Crippen LogP contribution in [0, 0.1) is 0 Å². The highest BCUT2D eigenvalue weighted by Crippen LogP contribution is 2.13. The molecule has 0 atom stereocenters. The number of hydrogen-bond acceptors (Lipinski definition) is 2. The Bertz CT molecular complexity index is 374. The normalized spacial score (nSPS) is 11.1. The predicted octanol–water partition coefficient (Wildman–Crippen LogP) is 1.99. The Kier molecular flexibility index (Phi) is 3.18. The molecule has 0 heterocycles. The second kappa shape index (κ2) is 4.37. The molecule has 3 nitrogen and oxygen atoms in total. The van der Waals surface area contributed by atoms with Crippen LogP contribution in [-0.2, 0) is 4.79 Å². The number of carbonyl (C=O) groups is 2. The summed E-state index contributed by atoms with van der Waals surface area (Å²) in [4.78, 5) is 20.7. The van der Waals surface area contributed by atoms with Gasteiger partial charge in [-0.25, -0.2) is 4.79 Å². The van der Waals surface area contributed by atoms with E-state index >= 15 is 0 Å². The van der Waals surface area contributed by atoms with Crippen LogP contribution in [0.2, 0.25) is 0 Å². The summed E-state index contributed by atoms with van der Waals surface area (Å²) in [6.45, 7) is 1.71. The zero-order chi connectivity index (χ0) is 10.6. The number of hydrogen-bond donors (Lipinski definition) is 1. The minimum absolute atomic E-state index is 0.580. The zero-order valence-corrected chi connectivity index (χ0v) is 7.73. The van der Waals surface area contributed by atoms with Crippen LogP contribution in [0.3, 0.4) is 0 Å². The second-order valence-corrected chi connectivity index (χ2v) is 2.91. The summed E-state index contributed by atoms with van der Waals surface area (Å²) in [5.74, 6) is -0.970. The third kappa shape index (κ3) is 2.55. The van der Waals surface area contributed by atoms with Gasteiger partial charge in [0.05, 0.1) is 0 Å². The third-order valence-electron chi connectivity index (χ3n) is 1.84. The molecule has 0 saturated heterocycles. The van der Waals surface area contributed by atoms with Gasteiger partial charge in [0.15, 0.2) is 0 Å². The van der Waals surface area contributed by atoms with Crippen molar-refractivity contribution < 1.29 is 14.7 Å². The maximum absolute atomic E-state index is 10.4. The van der Waals surface area contributed by atoms with Crippen LogP contribution in [0.15, 0.2) is 30.3 Å². The van der Waals surface area contributed by atoms with Crippen LogP contribution in [0.1, 0.15) is 22.8 Å². The van der Waals surface area contributed by atoms with Gasteiger partial charge >= 0.3 is 5.97 Å². The Hall–Kier alpha value is -1.90. The highest BCUT2D eigenvalue weighted by atomic mass is 16.4. The maximum Gasteiger partial charge on any atom is 0.328 e. The Labute approximate surface area is 81.7 Å². The van der Waals surface area contributed by atoms with Crippen molar-refractivity contribution in [2.24, 2.45) is 0 Å². The number of rotatable bonds is 3. The van der Waals surface area contributed by atoms with Crippen LogP contribution in [0.4, 0.5) is 0 Å². The lowest BCUT2D eigenvalue weighted by Crippen LogP contribution is -1.90. The Balaban J connectivity index is 2.97. The molecule has 0 aliphatic heterocycles. The van der Waals surface area contributed by atoms with Gasteiger partial charge in [-0.1, -0.05) is 24.3 Å². The molecule has 3 heteroatoms. The van der Waals surface area contributed by atoms with E-state index in [1.807, 2.05) is 0 Å². The first-order valence-corrected chi connectivity index (χ1v) is 4.10. The first kappa shape index (κ1) is 10.2. The van der Waals surface area contributed by atoms with Crippen molar-refractivity contribution >= 4 is 17.8 Å². The highest BCUT2D eigenvalue weighted by molar-refractivity contribution is 5.89. The quantitative estimate of drug-likeness (QED) is 0.585. The van der Waals surface area contributed by atoms with Crippen molar-refractivity contribution in [3.63, 3.8) is 0 Å². The first-order valence-electron chi connectivity index (χ1n) is 4.10. The molecule has 0 aliphatic carbocycles. The van der Waals surface area contributed by atoms with E-state index in [1.165, 1.54) is 0 Å². The molecule has 0 fully saturated rings. The van der Waals surface area contributed by atoms with Gasteiger partial charge < -0.3 is 5.11 Å². The van der Waals surface area contributed by atoms with Gasteiger partial charge in [0.25, 0.3) is 0 Å². The maximum atomic E-state index is 10.4. The SMILES string of the molecule is C/C(=C\C(=O)O)c1ccc(C=O)cc1. The average Bonchev–Trinajstić information content (AvgIpc) is 2.17. The average molecular weight is 190 g/mol. The van der Waals surface area contributed by atoms with E-state index in [2.05, 4.69) is 0 Å². The van der Waals surface area contributed by atoms with Gasteiger partial charge in [-0.2, -0.15) is 0 Å². The molecule has 14 heavy (non-hydrogen) atoms. The molecule has 0 bridgehead atoms. The molecule has 0 unspecified atom stereocenters. The molecule has 0 amide bonds. The predicted molar refractivity (Wildman–Crippen MR) is 53.1 cm³/mol. The molecule has 0 spiro atoms. The molecule has 72 valence electrons. The minimum Gasteiger partial charge on any atom is -0.478 e. The van der Waals surface area contributed by atoms with Crippen LogP contribution >= 0.6 is 0 Å². The van der Waals surface area contributed by atoms with Crippen LogP contribution in [0.25, 0.3) is 5.57 Å². The van der Waals surface area contributed by atoms with Crippen LogP contribution in [-0.4, -0.2) is 17.4 Å². The Morgan fingerprint density at radius 2 is 1.86 bits per heavy atom. The molecule has 0 aliphatic rings. The van der Waals surface area contributed by atoms with Crippen molar-refractivity contribution in [3.8, 4) is 0 Å². The Morgan fingerprint density at radius 1 is 1.29 bits per heavy atom. The van der Waals surface area contributed by atoms with E-state index in [9.17, 15) is 9.59 Å². The standard InChI is InChI=1S/C11H10O3/c1-8(6-11(13)14)10-4-2-9(7-12)3-5-10/h2-7H,1H3,(H,13,14)/b8-6+. The van der Waals surface area contributed by atoms with Gasteiger partial charge in [0.1, 0.15) is 6.29 Å². The summed E-state index contributed by atoms with van der Waals surface area (Å²) in [5.41, 5.74) is 2.05. The van der Waals surface area contributed by atoms with Gasteiger partial charge in [-0.05, 0) is 18.1 Å². The molecule has 1 aromatic carbocycles. The number of aliphatic carboxylic acids is 1. The van der Waals surface area contributed by atoms with Crippen molar-refractivity contribution in [1.82, 2.24) is 0 Å². The van der Waals surface area contributed by atoms with Gasteiger partial charge in [-0.3, -0.25) is 4.79 Å². The summed E-state index contributed by atoms with van der Waals surface area (Å²) < 4.78 is 0. The molecule has 1 rings (SSSR count). The van der Waals surface area contributed by atoms with Crippen molar-refractivity contribution in [1.29, 1.82) is 0 Å². The molecular weight excluding hydrogens is 180 g/mol. The molecular formula is C11H10O3.